The van der Waals surface area contributed by atoms with E-state index in [1.54, 1.807) is 6.92 Å². The molecule has 0 fully saturated rings. The molecule has 0 radical (unpaired) electrons. The van der Waals surface area contributed by atoms with E-state index in [2.05, 4.69) is 29.4 Å². The molecule has 5 nitrogen and oxygen atoms in total. The molecular formula is C23H24N2O3S. The van der Waals surface area contributed by atoms with Crippen molar-refractivity contribution in [3.8, 4) is 17.0 Å². The van der Waals surface area contributed by atoms with Gasteiger partial charge in [0.2, 0.25) is 0 Å². The Bertz CT molecular complexity index is 963. The fourth-order valence-corrected chi connectivity index (χ4v) is 3.49. The minimum Gasteiger partial charge on any atom is -0.484 e. The maximum absolute atomic E-state index is 12.2. The first-order valence-electron chi connectivity index (χ1n) is 9.59. The van der Waals surface area contributed by atoms with Gasteiger partial charge in [-0.05, 0) is 43.0 Å². The summed E-state index contributed by atoms with van der Waals surface area (Å²) in [6.45, 7) is 3.62. The van der Waals surface area contributed by atoms with Crippen LogP contribution in [0.4, 0.5) is 5.13 Å². The highest BCUT2D eigenvalue weighted by Crippen LogP contribution is 2.25. The lowest BCUT2D eigenvalue weighted by atomic mass is 10.1. The highest BCUT2D eigenvalue weighted by atomic mass is 32.1. The van der Waals surface area contributed by atoms with Gasteiger partial charge in [0.05, 0.1) is 5.69 Å². The number of rotatable bonds is 9. The van der Waals surface area contributed by atoms with Crippen LogP contribution in [0.3, 0.4) is 0 Å². The Morgan fingerprint density at radius 2 is 1.72 bits per heavy atom. The summed E-state index contributed by atoms with van der Waals surface area (Å²) in [6.07, 6.45) is 2.24. The van der Waals surface area contributed by atoms with Crippen molar-refractivity contribution in [1.29, 1.82) is 0 Å². The van der Waals surface area contributed by atoms with E-state index in [1.165, 1.54) is 16.9 Å². The summed E-state index contributed by atoms with van der Waals surface area (Å²) >= 11 is 1.39. The lowest BCUT2D eigenvalue weighted by Gasteiger charge is -2.07. The topological polar surface area (TPSA) is 68.3 Å². The number of carbonyl (C=O) groups is 2. The number of nitrogens with zero attached hydrogens (tertiary/aromatic N) is 1. The summed E-state index contributed by atoms with van der Waals surface area (Å²) in [5, 5.41) is 5.25. The van der Waals surface area contributed by atoms with Crippen LogP contribution in [0, 0.1) is 0 Å². The van der Waals surface area contributed by atoms with E-state index in [0.29, 0.717) is 23.7 Å². The largest absolute Gasteiger partial charge is 0.484 e. The minimum atomic E-state index is -0.257. The number of ketones is 1. The number of aryl methyl sites for hydroxylation is 2. The smallest absolute Gasteiger partial charge is 0.264 e. The van der Waals surface area contributed by atoms with Crippen molar-refractivity contribution in [2.75, 3.05) is 11.9 Å². The molecule has 6 heteroatoms. The molecule has 0 spiro atoms. The van der Waals surface area contributed by atoms with Gasteiger partial charge in [-0.3, -0.25) is 10.1 Å². The van der Waals surface area contributed by atoms with E-state index in [1.807, 2.05) is 41.8 Å². The Kier molecular flexibility index (Phi) is 7.14. The fourth-order valence-electron chi connectivity index (χ4n) is 2.75. The average molecular weight is 409 g/mol. The molecule has 0 unspecified atom stereocenters. The Balaban J connectivity index is 1.49. The number of amides is 1. The van der Waals surface area contributed by atoms with Crippen LogP contribution in [0.2, 0.25) is 0 Å². The molecule has 1 heterocycles. The molecule has 0 aliphatic heterocycles. The number of hydrogen-bond donors (Lipinski definition) is 1. The zero-order valence-corrected chi connectivity index (χ0v) is 17.4. The molecule has 0 aliphatic rings. The summed E-state index contributed by atoms with van der Waals surface area (Å²) < 4.78 is 5.54. The maximum Gasteiger partial charge on any atom is 0.264 e. The van der Waals surface area contributed by atoms with Crippen LogP contribution < -0.4 is 10.1 Å². The molecule has 0 aliphatic carbocycles. The quantitative estimate of drug-likeness (QED) is 0.546. The number of Topliss-reactive ketones (excluding diaryl/α,β-unsaturated/α-hetero) is 1. The van der Waals surface area contributed by atoms with Gasteiger partial charge in [0.1, 0.15) is 11.5 Å². The Hall–Kier alpha value is -2.99. The van der Waals surface area contributed by atoms with Crippen LogP contribution in [0.5, 0.6) is 5.75 Å². The Morgan fingerprint density at radius 3 is 2.38 bits per heavy atom. The average Bonchev–Trinajstić information content (AvgIpc) is 3.20. The molecule has 3 rings (SSSR count). The predicted molar refractivity (Wildman–Crippen MR) is 116 cm³/mol. The predicted octanol–water partition coefficient (Wildman–Crippen LogP) is 4.91. The summed E-state index contributed by atoms with van der Waals surface area (Å²) in [7, 11) is 0. The molecule has 0 saturated carbocycles. The van der Waals surface area contributed by atoms with E-state index >= 15 is 0 Å². The van der Waals surface area contributed by atoms with Crippen LogP contribution in [0.25, 0.3) is 11.3 Å². The van der Waals surface area contributed by atoms with Gasteiger partial charge < -0.3 is 9.53 Å². The number of aromatic nitrogens is 1. The minimum absolute atomic E-state index is 0.0904. The molecule has 1 amide bonds. The molecule has 150 valence electrons. The van der Waals surface area contributed by atoms with E-state index in [-0.39, 0.29) is 18.3 Å². The summed E-state index contributed by atoms with van der Waals surface area (Å²) in [5.41, 5.74) is 4.22. The van der Waals surface area contributed by atoms with Gasteiger partial charge in [-0.15, -0.1) is 11.3 Å². The zero-order chi connectivity index (χ0) is 20.6. The third kappa shape index (κ3) is 6.26. The lowest BCUT2D eigenvalue weighted by Crippen LogP contribution is -2.20. The van der Waals surface area contributed by atoms with Crippen molar-refractivity contribution in [2.24, 2.45) is 0 Å². The summed E-state index contributed by atoms with van der Waals surface area (Å²) in [4.78, 5) is 27.7. The van der Waals surface area contributed by atoms with Crippen molar-refractivity contribution in [3.05, 3.63) is 65.0 Å². The number of ether oxygens (including phenoxy) is 1. The molecule has 0 atom stereocenters. The van der Waals surface area contributed by atoms with Crippen LogP contribution in [0.1, 0.15) is 31.4 Å². The van der Waals surface area contributed by atoms with Gasteiger partial charge in [-0.25, -0.2) is 4.98 Å². The highest BCUT2D eigenvalue weighted by Gasteiger charge is 2.09. The zero-order valence-electron chi connectivity index (χ0n) is 16.6. The van der Waals surface area contributed by atoms with E-state index in [0.717, 1.165) is 23.2 Å². The van der Waals surface area contributed by atoms with Crippen LogP contribution in [-0.2, 0) is 22.4 Å². The van der Waals surface area contributed by atoms with Crippen molar-refractivity contribution >= 4 is 28.2 Å². The standard InChI is InChI=1S/C23H24N2O3S/c1-3-17-6-10-19(11-7-17)21-15-29-23(24-21)25-22(27)14-28-20-12-8-18(9-13-20)5-4-16(2)26/h6-13,15H,3-5,14H2,1-2H3,(H,24,25,27). The second-order valence-electron chi connectivity index (χ2n) is 6.77. The van der Waals surface area contributed by atoms with E-state index in [4.69, 9.17) is 4.74 Å². The Labute approximate surface area is 174 Å². The number of thiazole rings is 1. The first-order chi connectivity index (χ1) is 14.0. The molecule has 3 aromatic rings. The van der Waals surface area contributed by atoms with E-state index < -0.39 is 0 Å². The first kappa shape index (κ1) is 20.7. The summed E-state index contributed by atoms with van der Waals surface area (Å²) in [5.74, 6) is 0.528. The van der Waals surface area contributed by atoms with E-state index in [9.17, 15) is 9.59 Å². The van der Waals surface area contributed by atoms with Gasteiger partial charge in [-0.1, -0.05) is 43.3 Å². The second-order valence-corrected chi connectivity index (χ2v) is 7.63. The molecule has 2 aromatic carbocycles. The monoisotopic (exact) mass is 408 g/mol. The van der Waals surface area contributed by atoms with Gasteiger partial charge >= 0.3 is 0 Å². The van der Waals surface area contributed by atoms with Crippen molar-refractivity contribution in [1.82, 2.24) is 4.98 Å². The number of benzene rings is 2. The Morgan fingerprint density at radius 1 is 1.03 bits per heavy atom. The lowest BCUT2D eigenvalue weighted by molar-refractivity contribution is -0.118. The number of hydrogen-bond acceptors (Lipinski definition) is 5. The molecule has 1 N–H and O–H groups in total. The molecular weight excluding hydrogens is 384 g/mol. The highest BCUT2D eigenvalue weighted by molar-refractivity contribution is 7.14. The summed E-state index contributed by atoms with van der Waals surface area (Å²) in [6, 6.07) is 15.7. The fraction of sp³-hybridized carbons (Fsp3) is 0.261. The van der Waals surface area contributed by atoms with Gasteiger partial charge in [-0.2, -0.15) is 0 Å². The second kappa shape index (κ2) is 9.98. The first-order valence-corrected chi connectivity index (χ1v) is 10.5. The maximum atomic E-state index is 12.2. The molecule has 0 bridgehead atoms. The number of anilines is 1. The number of carbonyl (C=O) groups excluding carboxylic acids is 2. The van der Waals surface area contributed by atoms with Crippen LogP contribution in [0.15, 0.2) is 53.9 Å². The van der Waals surface area contributed by atoms with Crippen molar-refractivity contribution in [3.63, 3.8) is 0 Å². The van der Waals surface area contributed by atoms with Crippen LogP contribution in [-0.4, -0.2) is 23.3 Å². The van der Waals surface area contributed by atoms with Crippen molar-refractivity contribution in [2.45, 2.75) is 33.1 Å². The van der Waals surface area contributed by atoms with Crippen molar-refractivity contribution < 1.29 is 14.3 Å². The van der Waals surface area contributed by atoms with Crippen LogP contribution >= 0.6 is 11.3 Å². The number of nitrogens with one attached hydrogen (secondary N) is 1. The van der Waals surface area contributed by atoms with Gasteiger partial charge in [0.25, 0.3) is 5.91 Å². The normalized spacial score (nSPS) is 10.6. The third-order valence-electron chi connectivity index (χ3n) is 4.47. The molecule has 0 saturated heterocycles. The van der Waals surface area contributed by atoms with Gasteiger partial charge in [0.15, 0.2) is 11.7 Å². The molecule has 29 heavy (non-hydrogen) atoms. The SMILES string of the molecule is CCc1ccc(-c2csc(NC(=O)COc3ccc(CCC(C)=O)cc3)n2)cc1. The molecule has 1 aromatic heterocycles. The van der Waals surface area contributed by atoms with Gasteiger partial charge in [0, 0.05) is 17.4 Å². The third-order valence-corrected chi connectivity index (χ3v) is 5.23.